The average molecular weight is 519 g/mol. The van der Waals surface area contributed by atoms with E-state index in [1.54, 1.807) is 0 Å². The standard InChI is InChI=1S/C34H22N4O2/c1-3-9-25(10-4-1)31-35-37-33(39-31)27-19-15-23(16-20-27)29-13-7-8-14-30(29)24-17-21-28(22-18-24)34-38-36-32(40-34)26-11-5-2-6-12-26/h1-22H. The second-order valence-electron chi connectivity index (χ2n) is 9.26. The van der Waals surface area contributed by atoms with Crippen LogP contribution < -0.4 is 0 Å². The molecular formula is C34H22N4O2. The van der Waals surface area contributed by atoms with E-state index in [4.69, 9.17) is 8.83 Å². The molecule has 0 bridgehead atoms. The van der Waals surface area contributed by atoms with Gasteiger partial charge in [-0.2, -0.15) is 0 Å². The van der Waals surface area contributed by atoms with E-state index >= 15 is 0 Å². The molecule has 0 saturated carbocycles. The largest absolute Gasteiger partial charge is 0.416 e. The monoisotopic (exact) mass is 518 g/mol. The lowest BCUT2D eigenvalue weighted by Crippen LogP contribution is -1.86. The Kier molecular flexibility index (Phi) is 6.03. The Labute approximate surface area is 230 Å². The minimum atomic E-state index is 0.491. The first-order chi connectivity index (χ1) is 19.8. The van der Waals surface area contributed by atoms with Gasteiger partial charge in [-0.25, -0.2) is 0 Å². The normalized spacial score (nSPS) is 11.0. The minimum Gasteiger partial charge on any atom is -0.416 e. The van der Waals surface area contributed by atoms with Crippen molar-refractivity contribution in [2.45, 2.75) is 0 Å². The number of hydrogen-bond acceptors (Lipinski definition) is 6. The van der Waals surface area contributed by atoms with E-state index in [-0.39, 0.29) is 0 Å². The third kappa shape index (κ3) is 4.59. The average Bonchev–Trinajstić information content (AvgIpc) is 3.74. The zero-order chi connectivity index (χ0) is 26.7. The van der Waals surface area contributed by atoms with Gasteiger partial charge in [0, 0.05) is 22.3 Å². The summed E-state index contributed by atoms with van der Waals surface area (Å²) in [6, 6.07) is 44.3. The molecule has 2 heterocycles. The molecule has 0 amide bonds. The van der Waals surface area contributed by atoms with Gasteiger partial charge in [0.05, 0.1) is 0 Å². The molecule has 5 aromatic carbocycles. The molecule has 0 atom stereocenters. The summed E-state index contributed by atoms with van der Waals surface area (Å²) in [6.45, 7) is 0. The van der Waals surface area contributed by atoms with Gasteiger partial charge in [0.2, 0.25) is 23.6 Å². The number of nitrogens with zero attached hydrogens (tertiary/aromatic N) is 4. The van der Waals surface area contributed by atoms with Crippen LogP contribution in [0.4, 0.5) is 0 Å². The van der Waals surface area contributed by atoms with Crippen molar-refractivity contribution in [3.05, 3.63) is 133 Å². The van der Waals surface area contributed by atoms with E-state index in [1.807, 2.05) is 84.9 Å². The van der Waals surface area contributed by atoms with Crippen LogP contribution in [-0.4, -0.2) is 20.4 Å². The molecule has 0 spiro atoms. The van der Waals surface area contributed by atoms with E-state index in [9.17, 15) is 0 Å². The Morgan fingerprint density at radius 3 is 0.900 bits per heavy atom. The van der Waals surface area contributed by atoms with Gasteiger partial charge < -0.3 is 8.83 Å². The highest BCUT2D eigenvalue weighted by molar-refractivity contribution is 5.84. The second kappa shape index (κ2) is 10.3. The van der Waals surface area contributed by atoms with Crippen LogP contribution in [0.1, 0.15) is 0 Å². The summed E-state index contributed by atoms with van der Waals surface area (Å²) in [5, 5.41) is 16.9. The topological polar surface area (TPSA) is 77.8 Å². The van der Waals surface area contributed by atoms with Crippen molar-refractivity contribution in [2.75, 3.05) is 0 Å². The number of benzene rings is 5. The van der Waals surface area contributed by atoms with Crippen LogP contribution in [0.15, 0.2) is 142 Å². The van der Waals surface area contributed by atoms with Gasteiger partial charge in [0.25, 0.3) is 0 Å². The molecular weight excluding hydrogens is 496 g/mol. The highest BCUT2D eigenvalue weighted by Crippen LogP contribution is 2.34. The summed E-state index contributed by atoms with van der Waals surface area (Å²) in [7, 11) is 0. The van der Waals surface area contributed by atoms with E-state index in [1.165, 1.54) is 0 Å². The highest BCUT2D eigenvalue weighted by Gasteiger charge is 2.14. The van der Waals surface area contributed by atoms with Gasteiger partial charge in [-0.15, -0.1) is 20.4 Å². The fourth-order valence-corrected chi connectivity index (χ4v) is 4.65. The Bertz CT molecular complexity index is 1730. The van der Waals surface area contributed by atoms with Gasteiger partial charge in [-0.1, -0.05) is 84.9 Å². The predicted molar refractivity (Wildman–Crippen MR) is 155 cm³/mol. The van der Waals surface area contributed by atoms with Crippen LogP contribution in [0.3, 0.4) is 0 Å². The van der Waals surface area contributed by atoms with Crippen molar-refractivity contribution in [1.29, 1.82) is 0 Å². The van der Waals surface area contributed by atoms with Crippen molar-refractivity contribution < 1.29 is 8.83 Å². The molecule has 0 aliphatic rings. The molecule has 0 fully saturated rings. The van der Waals surface area contributed by atoms with Gasteiger partial charge in [-0.3, -0.25) is 0 Å². The van der Waals surface area contributed by atoms with Gasteiger partial charge in [0.1, 0.15) is 0 Å². The molecule has 190 valence electrons. The van der Waals surface area contributed by atoms with Crippen LogP contribution in [0.5, 0.6) is 0 Å². The van der Waals surface area contributed by atoms with Crippen LogP contribution in [0, 0.1) is 0 Å². The Morgan fingerprint density at radius 2 is 0.550 bits per heavy atom. The Hall–Kier alpha value is -5.62. The summed E-state index contributed by atoms with van der Waals surface area (Å²) in [4.78, 5) is 0. The summed E-state index contributed by atoms with van der Waals surface area (Å²) in [6.07, 6.45) is 0. The van der Waals surface area contributed by atoms with Crippen LogP contribution in [0.25, 0.3) is 68.1 Å². The summed E-state index contributed by atoms with van der Waals surface area (Å²) >= 11 is 0. The van der Waals surface area contributed by atoms with E-state index in [2.05, 4.69) is 68.9 Å². The minimum absolute atomic E-state index is 0.491. The van der Waals surface area contributed by atoms with Crippen molar-refractivity contribution in [3.63, 3.8) is 0 Å². The lowest BCUT2D eigenvalue weighted by Gasteiger charge is -2.11. The number of rotatable bonds is 6. The summed E-state index contributed by atoms with van der Waals surface area (Å²) in [5.41, 5.74) is 7.97. The SMILES string of the molecule is c1ccc(-c2nnc(-c3ccc(-c4ccccc4-c4ccc(-c5nnc(-c6ccccc6)o5)cc4)cc3)o2)cc1. The first-order valence-corrected chi connectivity index (χ1v) is 12.9. The highest BCUT2D eigenvalue weighted by atomic mass is 16.4. The van der Waals surface area contributed by atoms with Crippen molar-refractivity contribution >= 4 is 0 Å². The first-order valence-electron chi connectivity index (χ1n) is 12.9. The molecule has 0 aliphatic carbocycles. The lowest BCUT2D eigenvalue weighted by molar-refractivity contribution is 0.584. The first kappa shape index (κ1) is 23.5. The molecule has 40 heavy (non-hydrogen) atoms. The molecule has 0 saturated heterocycles. The van der Waals surface area contributed by atoms with Crippen LogP contribution in [0.2, 0.25) is 0 Å². The van der Waals surface area contributed by atoms with Gasteiger partial charge >= 0.3 is 0 Å². The van der Waals surface area contributed by atoms with E-state index in [0.29, 0.717) is 23.6 Å². The molecule has 0 N–H and O–H groups in total. The molecule has 2 aromatic heterocycles. The van der Waals surface area contributed by atoms with E-state index in [0.717, 1.165) is 44.5 Å². The fraction of sp³-hybridized carbons (Fsp3) is 0. The van der Waals surface area contributed by atoms with Crippen molar-refractivity contribution in [2.24, 2.45) is 0 Å². The quantitative estimate of drug-likeness (QED) is 0.220. The summed E-state index contributed by atoms with van der Waals surface area (Å²) in [5.74, 6) is 1.99. The zero-order valence-electron chi connectivity index (χ0n) is 21.3. The molecule has 0 aliphatic heterocycles. The zero-order valence-corrected chi connectivity index (χ0v) is 21.3. The fourth-order valence-electron chi connectivity index (χ4n) is 4.65. The molecule has 6 heteroatoms. The predicted octanol–water partition coefficient (Wildman–Crippen LogP) is 8.45. The third-order valence-electron chi connectivity index (χ3n) is 6.70. The Morgan fingerprint density at radius 1 is 0.275 bits per heavy atom. The maximum Gasteiger partial charge on any atom is 0.248 e. The van der Waals surface area contributed by atoms with Crippen LogP contribution in [-0.2, 0) is 0 Å². The maximum absolute atomic E-state index is 5.93. The number of aromatic nitrogens is 4. The maximum atomic E-state index is 5.93. The van der Waals surface area contributed by atoms with E-state index < -0.39 is 0 Å². The molecule has 0 radical (unpaired) electrons. The third-order valence-corrected chi connectivity index (χ3v) is 6.70. The lowest BCUT2D eigenvalue weighted by atomic mass is 9.93. The molecule has 7 rings (SSSR count). The molecule has 6 nitrogen and oxygen atoms in total. The number of hydrogen-bond donors (Lipinski definition) is 0. The van der Waals surface area contributed by atoms with Crippen molar-refractivity contribution in [3.8, 4) is 68.1 Å². The summed E-state index contributed by atoms with van der Waals surface area (Å²) < 4.78 is 11.9. The van der Waals surface area contributed by atoms with Gasteiger partial charge in [0.15, 0.2) is 0 Å². The van der Waals surface area contributed by atoms with Crippen molar-refractivity contribution in [1.82, 2.24) is 20.4 Å². The Balaban J connectivity index is 1.14. The second-order valence-corrected chi connectivity index (χ2v) is 9.26. The van der Waals surface area contributed by atoms with Gasteiger partial charge in [-0.05, 0) is 70.8 Å². The van der Waals surface area contributed by atoms with Crippen LogP contribution >= 0.6 is 0 Å². The molecule has 0 unspecified atom stereocenters. The molecule has 7 aromatic rings. The smallest absolute Gasteiger partial charge is 0.248 e.